The van der Waals surface area contributed by atoms with Crippen molar-refractivity contribution in [3.8, 4) is 5.75 Å². The topological polar surface area (TPSA) is 368 Å². The number of alkyl carbamates (subject to hydrolysis) is 1. The molecule has 0 aromatic heterocycles. The molecular formula is C58H78Cl2N10O18S. The van der Waals surface area contributed by atoms with Crippen molar-refractivity contribution in [2.24, 2.45) is 17.6 Å². The molecule has 0 unspecified atom stereocenters. The van der Waals surface area contributed by atoms with E-state index < -0.39 is 114 Å². The summed E-state index contributed by atoms with van der Waals surface area (Å²) in [6.45, 7) is 9.57. The molecule has 89 heavy (non-hydrogen) atoms. The van der Waals surface area contributed by atoms with Crippen molar-refractivity contribution in [1.29, 1.82) is 0 Å². The van der Waals surface area contributed by atoms with Gasteiger partial charge in [0.05, 0.1) is 68.9 Å². The Bertz CT molecular complexity index is 3010. The van der Waals surface area contributed by atoms with Crippen molar-refractivity contribution in [2.75, 3.05) is 76.3 Å². The lowest BCUT2D eigenvalue weighted by atomic mass is 9.83. The Kier molecular flexibility index (Phi) is 25.7. The van der Waals surface area contributed by atoms with Gasteiger partial charge in [0.15, 0.2) is 10.8 Å². The molecule has 0 aliphatic carbocycles. The number of epoxide rings is 1. The molecule has 0 spiro atoms. The summed E-state index contributed by atoms with van der Waals surface area (Å²) in [7, 11) is 4.37. The van der Waals surface area contributed by atoms with Crippen molar-refractivity contribution in [2.45, 2.75) is 134 Å². The highest BCUT2D eigenvalue weighted by Crippen LogP contribution is 2.49. The number of primary amides is 1. The second-order valence-electron chi connectivity index (χ2n) is 22.1. The van der Waals surface area contributed by atoms with Gasteiger partial charge in [0.25, 0.3) is 11.8 Å². The van der Waals surface area contributed by atoms with Crippen LogP contribution >= 0.6 is 35.4 Å². The Balaban J connectivity index is 1.09. The number of rotatable bonds is 24. The number of nitrogens with zero attached hydrogens (tertiary/aromatic N) is 2. The van der Waals surface area contributed by atoms with Crippen LogP contribution in [0.3, 0.4) is 0 Å². The minimum atomic E-state index is -1.92. The molecule has 0 radical (unpaired) electrons. The lowest BCUT2D eigenvalue weighted by Gasteiger charge is -2.42. The number of hydroxylamine groups is 2. The number of carbonyl (C=O) groups excluding carboxylic acids is 9. The largest absolute Gasteiger partial charge is 0.495 e. The van der Waals surface area contributed by atoms with Gasteiger partial charge >= 0.3 is 24.2 Å². The molecule has 2 aromatic carbocycles. The molecule has 10 N–H and O–H groups in total. The normalized spacial score (nSPS) is 24.3. The van der Waals surface area contributed by atoms with Gasteiger partial charge in [-0.15, -0.1) is 5.06 Å². The second kappa shape index (κ2) is 32.4. The van der Waals surface area contributed by atoms with Crippen molar-refractivity contribution in [1.82, 2.24) is 31.6 Å². The molecule has 9 amide bonds. The molecule has 4 aliphatic rings. The maximum atomic E-state index is 14.4. The van der Waals surface area contributed by atoms with Crippen molar-refractivity contribution >= 4 is 111 Å². The fourth-order valence-electron chi connectivity index (χ4n) is 10.1. The second-order valence-corrected chi connectivity index (χ2v) is 23.3. The monoisotopic (exact) mass is 1300 g/mol. The number of hydrogen-bond acceptors (Lipinski definition) is 19. The van der Waals surface area contributed by atoms with E-state index in [0.717, 1.165) is 11.1 Å². The standard InChI is InChI=1S/C58H78Cl2N10O18S/c1-31(2)49(67-54(89)63-20-22-84-24-23-83-21-18-47(74)88-70-44(71)16-17-45(70)72)52(76)65-38(12-10-19-62-53(61)77)51(75)64-35-14-15-37(36(59)28-35)66-55(78)86-43-29-46(73)69(6)39-26-34(27-40(81-7)48(39)60)25-32(3)11-9-13-42(82-8)58(80)30-41(85-56(79)68-58)33(4)50-57(43,5)87-50/h9,11,13-15,26-28,31,33,38,41-43,49-50,80H,10,12,16-25,29-30H2,1-8H3,(H,64,75)(H,65,76)(H,66,78)(H,68,79)(H3,61,62,77)(H2,63,67,89)/b13-9+,32-11+/t33-,38+,41+,42-,43+,49+,50+,57+,58+/m1/s1. The van der Waals surface area contributed by atoms with Crippen LogP contribution in [0.1, 0.15) is 85.1 Å². The van der Waals surface area contributed by atoms with Crippen LogP contribution in [0.2, 0.25) is 10.0 Å². The molecule has 4 heterocycles. The number of fused-ring (bicyclic) bond motifs is 5. The third kappa shape index (κ3) is 19.8. The maximum absolute atomic E-state index is 14.4. The molecule has 4 bridgehead atoms. The van der Waals surface area contributed by atoms with E-state index in [0.29, 0.717) is 22.9 Å². The van der Waals surface area contributed by atoms with Crippen molar-refractivity contribution in [3.05, 3.63) is 69.7 Å². The number of urea groups is 1. The van der Waals surface area contributed by atoms with E-state index in [1.165, 1.54) is 44.4 Å². The van der Waals surface area contributed by atoms with Gasteiger partial charge in [0, 0.05) is 58.1 Å². The number of methoxy groups -OCH3 is 2. The van der Waals surface area contributed by atoms with Crippen LogP contribution in [0.4, 0.5) is 31.4 Å². The Morgan fingerprint density at radius 1 is 0.933 bits per heavy atom. The fourth-order valence-corrected chi connectivity index (χ4v) is 10.9. The molecule has 6 rings (SSSR count). The molecule has 9 atom stereocenters. The average molecular weight is 1310 g/mol. The molecule has 31 heteroatoms. The number of hydrogen-bond donors (Lipinski definition) is 9. The zero-order valence-corrected chi connectivity index (χ0v) is 53.0. The molecule has 4 aliphatic heterocycles. The van der Waals surface area contributed by atoms with E-state index in [1.807, 2.05) is 13.0 Å². The SMILES string of the molecule is COc1cc2cc(c1Cl)N(C)C(=O)C[C@H](OC(=O)Nc1ccc(NC(=O)[C@H](CCCNC(N)=O)NC(=O)[C@@H](NC(=S)NCCOCCOCCC(=O)ON3C(=O)CCC3=O)C(C)C)cc1Cl)[C@]1(C)O[C@H]1[C@H](C)[C@@H]1C[C@@](O)(NC(=O)O1)[C@H](OC)/C=C/C=C(\C)C2. The van der Waals surface area contributed by atoms with Crippen LogP contribution in [-0.4, -0.2) is 178 Å². The van der Waals surface area contributed by atoms with Crippen molar-refractivity contribution in [3.63, 3.8) is 0 Å². The van der Waals surface area contributed by atoms with Crippen LogP contribution in [0.5, 0.6) is 5.75 Å². The highest BCUT2D eigenvalue weighted by molar-refractivity contribution is 7.80. The molecule has 2 aromatic rings. The third-order valence-corrected chi connectivity index (χ3v) is 16.0. The van der Waals surface area contributed by atoms with E-state index in [4.69, 9.17) is 79.1 Å². The van der Waals surface area contributed by atoms with Crippen molar-refractivity contribution < 1.29 is 86.3 Å². The Morgan fingerprint density at radius 3 is 2.30 bits per heavy atom. The molecule has 3 saturated heterocycles. The maximum Gasteiger partial charge on any atom is 0.412 e. The van der Waals surface area contributed by atoms with E-state index in [2.05, 4.69) is 37.2 Å². The molecule has 488 valence electrons. The molecule has 28 nitrogen and oxygen atoms in total. The summed E-state index contributed by atoms with van der Waals surface area (Å²) in [6.07, 6.45) is -1.00. The van der Waals surface area contributed by atoms with Gasteiger partial charge < -0.3 is 80.3 Å². The Labute approximate surface area is 530 Å². The van der Waals surface area contributed by atoms with Crippen LogP contribution in [-0.2, 0) is 68.4 Å². The number of anilines is 3. The lowest BCUT2D eigenvalue weighted by Crippen LogP contribution is -2.63. The summed E-state index contributed by atoms with van der Waals surface area (Å²) < 4.78 is 40.3. The summed E-state index contributed by atoms with van der Waals surface area (Å²) in [5.74, 6) is -4.40. The molecule has 3 fully saturated rings. The zero-order valence-electron chi connectivity index (χ0n) is 50.7. The van der Waals surface area contributed by atoms with Crippen LogP contribution in [0.25, 0.3) is 0 Å². The van der Waals surface area contributed by atoms with Gasteiger partial charge in [-0.3, -0.25) is 34.6 Å². The number of aliphatic hydroxyl groups is 1. The predicted octanol–water partition coefficient (Wildman–Crippen LogP) is 4.42. The highest BCUT2D eigenvalue weighted by atomic mass is 35.5. The number of halogens is 2. The first-order valence-electron chi connectivity index (χ1n) is 28.7. The van der Waals surface area contributed by atoms with Crippen LogP contribution in [0.15, 0.2) is 54.1 Å². The Hall–Kier alpha value is -7.38. The number of ether oxygens (including phenoxy) is 7. The number of benzene rings is 2. The average Bonchev–Trinajstić information content (AvgIpc) is 1.59. The summed E-state index contributed by atoms with van der Waals surface area (Å²) in [5.41, 5.74) is 4.10. The van der Waals surface area contributed by atoms with Gasteiger partial charge in [-0.2, -0.15) is 0 Å². The number of carbonyl (C=O) groups is 9. The van der Waals surface area contributed by atoms with E-state index in [-0.39, 0.29) is 110 Å². The molecular weight excluding hydrogens is 1230 g/mol. The number of imide groups is 1. The third-order valence-electron chi connectivity index (χ3n) is 15.1. The molecule has 0 saturated carbocycles. The van der Waals surface area contributed by atoms with Crippen LogP contribution < -0.4 is 52.6 Å². The lowest BCUT2D eigenvalue weighted by molar-refractivity contribution is -0.198. The number of thiocarbonyl (C=S) groups is 1. The minimum Gasteiger partial charge on any atom is -0.495 e. The summed E-state index contributed by atoms with van der Waals surface area (Å²) >= 11 is 19.0. The first-order chi connectivity index (χ1) is 42.2. The number of nitrogens with two attached hydrogens (primary N) is 1. The van der Waals surface area contributed by atoms with E-state index >= 15 is 0 Å². The highest BCUT2D eigenvalue weighted by Gasteiger charge is 2.64. The number of nitrogens with one attached hydrogen (secondary N) is 7. The van der Waals surface area contributed by atoms with Gasteiger partial charge in [0.2, 0.25) is 17.7 Å². The first-order valence-corrected chi connectivity index (χ1v) is 29.9. The van der Waals surface area contributed by atoms with Gasteiger partial charge in [0.1, 0.15) is 46.8 Å². The summed E-state index contributed by atoms with van der Waals surface area (Å²) in [6, 6.07) is 4.79. The quantitative estimate of drug-likeness (QED) is 0.0304. The number of allylic oxidation sites excluding steroid dienone is 3. The number of amides is 9. The Morgan fingerprint density at radius 2 is 1.64 bits per heavy atom. The van der Waals surface area contributed by atoms with Crippen LogP contribution in [0, 0.1) is 11.8 Å². The summed E-state index contributed by atoms with van der Waals surface area (Å²) in [5, 5.41) is 31.6. The smallest absolute Gasteiger partial charge is 0.412 e. The van der Waals surface area contributed by atoms with Gasteiger partial charge in [-0.1, -0.05) is 67.8 Å². The first kappa shape index (κ1) is 70.7. The van der Waals surface area contributed by atoms with Gasteiger partial charge in [-0.25, -0.2) is 19.2 Å². The van der Waals surface area contributed by atoms with E-state index in [1.54, 1.807) is 52.0 Å². The van der Waals surface area contributed by atoms with E-state index in [9.17, 15) is 48.3 Å². The predicted molar refractivity (Wildman–Crippen MR) is 327 cm³/mol. The van der Waals surface area contributed by atoms with Gasteiger partial charge in [-0.05, 0) is 87.1 Å². The fraction of sp³-hybridized carbons (Fsp3) is 0.552. The summed E-state index contributed by atoms with van der Waals surface area (Å²) in [4.78, 5) is 122. The zero-order chi connectivity index (χ0) is 65.3. The minimum absolute atomic E-state index is 0.0120.